The molecular weight excluding hydrogens is 332 g/mol. The Kier molecular flexibility index (Phi) is 4.97. The van der Waals surface area contributed by atoms with Crippen LogP contribution in [0.15, 0.2) is 29.0 Å². The first-order chi connectivity index (χ1) is 11.2. The van der Waals surface area contributed by atoms with Crippen LogP contribution in [0.25, 0.3) is 0 Å². The molecule has 5 nitrogen and oxygen atoms in total. The first kappa shape index (κ1) is 16.0. The summed E-state index contributed by atoms with van der Waals surface area (Å²) in [5.41, 5.74) is 1.21. The van der Waals surface area contributed by atoms with Crippen LogP contribution < -0.4 is 5.32 Å². The zero-order chi connectivity index (χ0) is 16.2. The summed E-state index contributed by atoms with van der Waals surface area (Å²) in [6.07, 6.45) is 1.39. The summed E-state index contributed by atoms with van der Waals surface area (Å²) < 4.78 is 0. The molecular formula is C16H18N2O3S2. The molecule has 1 unspecified atom stereocenters. The summed E-state index contributed by atoms with van der Waals surface area (Å²) in [5.74, 6) is -0.836. The van der Waals surface area contributed by atoms with E-state index in [2.05, 4.69) is 22.8 Å². The van der Waals surface area contributed by atoms with Gasteiger partial charge in [-0.25, -0.2) is 4.79 Å². The quantitative estimate of drug-likeness (QED) is 0.813. The molecule has 3 rings (SSSR count). The fraction of sp³-hybridized carbons (Fsp3) is 0.375. The average Bonchev–Trinajstić information content (AvgIpc) is 3.20. The van der Waals surface area contributed by atoms with Gasteiger partial charge < -0.3 is 15.3 Å². The Morgan fingerprint density at radius 1 is 1.30 bits per heavy atom. The number of nitrogens with zero attached hydrogens (tertiary/aromatic N) is 1. The molecule has 1 aliphatic heterocycles. The predicted molar refractivity (Wildman–Crippen MR) is 91.2 cm³/mol. The Bertz CT molecular complexity index is 681. The second kappa shape index (κ2) is 7.14. The minimum Gasteiger partial charge on any atom is -0.481 e. The van der Waals surface area contributed by atoms with Crippen molar-refractivity contribution in [2.75, 3.05) is 13.1 Å². The second-order valence-corrected chi connectivity index (χ2v) is 7.37. The van der Waals surface area contributed by atoms with Crippen LogP contribution in [0.2, 0.25) is 0 Å². The third kappa shape index (κ3) is 3.56. The van der Waals surface area contributed by atoms with Crippen molar-refractivity contribution in [1.82, 2.24) is 10.2 Å². The number of hydrogen-bond donors (Lipinski definition) is 2. The van der Waals surface area contributed by atoms with E-state index in [1.165, 1.54) is 10.4 Å². The number of rotatable bonds is 5. The zero-order valence-corrected chi connectivity index (χ0v) is 14.2. The van der Waals surface area contributed by atoms with Gasteiger partial charge in [-0.1, -0.05) is 6.07 Å². The summed E-state index contributed by atoms with van der Waals surface area (Å²) >= 11 is 3.40. The van der Waals surface area contributed by atoms with Gasteiger partial charge in [-0.05, 0) is 41.3 Å². The molecule has 2 aromatic heterocycles. The zero-order valence-electron chi connectivity index (χ0n) is 12.5. The molecule has 0 radical (unpaired) electrons. The van der Waals surface area contributed by atoms with Crippen LogP contribution in [0, 0.1) is 0 Å². The molecule has 2 N–H and O–H groups in total. The molecule has 0 fully saturated rings. The monoisotopic (exact) mass is 350 g/mol. The second-order valence-electron chi connectivity index (χ2n) is 5.39. The molecule has 1 atom stereocenters. The summed E-state index contributed by atoms with van der Waals surface area (Å²) in [7, 11) is 0. The highest BCUT2D eigenvalue weighted by Crippen LogP contribution is 2.39. The van der Waals surface area contributed by atoms with Crippen molar-refractivity contribution in [2.45, 2.75) is 25.3 Å². The van der Waals surface area contributed by atoms with Gasteiger partial charge in [0, 0.05) is 29.3 Å². The number of hydrogen-bond acceptors (Lipinski definition) is 4. The molecule has 0 spiro atoms. The Morgan fingerprint density at radius 2 is 2.17 bits per heavy atom. The maximum absolute atomic E-state index is 12.6. The number of carboxylic acid groups (broad SMARTS) is 1. The number of thiophene rings is 2. The molecule has 1 aliphatic rings. The van der Waals surface area contributed by atoms with Crippen LogP contribution in [0.1, 0.15) is 34.2 Å². The molecule has 3 heterocycles. The van der Waals surface area contributed by atoms with Gasteiger partial charge in [-0.3, -0.25) is 4.79 Å². The van der Waals surface area contributed by atoms with E-state index >= 15 is 0 Å². The number of carboxylic acids is 1. The summed E-state index contributed by atoms with van der Waals surface area (Å²) in [4.78, 5) is 27.5. The van der Waals surface area contributed by atoms with Gasteiger partial charge in [0.05, 0.1) is 6.04 Å². The van der Waals surface area contributed by atoms with E-state index in [0.717, 1.165) is 11.3 Å². The van der Waals surface area contributed by atoms with E-state index in [4.69, 9.17) is 5.11 Å². The lowest BCUT2D eigenvalue weighted by Crippen LogP contribution is -2.45. The van der Waals surface area contributed by atoms with E-state index in [1.807, 2.05) is 16.3 Å². The van der Waals surface area contributed by atoms with Gasteiger partial charge in [0.25, 0.3) is 0 Å². The maximum Gasteiger partial charge on any atom is 0.318 e. The molecule has 7 heteroatoms. The lowest BCUT2D eigenvalue weighted by Gasteiger charge is -2.35. The van der Waals surface area contributed by atoms with E-state index in [-0.39, 0.29) is 18.5 Å². The van der Waals surface area contributed by atoms with Crippen molar-refractivity contribution < 1.29 is 14.7 Å². The van der Waals surface area contributed by atoms with Crippen molar-refractivity contribution in [1.29, 1.82) is 0 Å². The van der Waals surface area contributed by atoms with Crippen LogP contribution in [0.4, 0.5) is 4.79 Å². The van der Waals surface area contributed by atoms with E-state index < -0.39 is 5.97 Å². The van der Waals surface area contributed by atoms with Crippen molar-refractivity contribution in [3.63, 3.8) is 0 Å². The highest BCUT2D eigenvalue weighted by molar-refractivity contribution is 7.10. The van der Waals surface area contributed by atoms with Crippen molar-refractivity contribution in [2.24, 2.45) is 0 Å². The minimum atomic E-state index is -0.836. The van der Waals surface area contributed by atoms with Crippen molar-refractivity contribution >= 4 is 34.7 Å². The predicted octanol–water partition coefficient (Wildman–Crippen LogP) is 3.33. The van der Waals surface area contributed by atoms with Crippen LogP contribution in [0.5, 0.6) is 0 Å². The number of nitrogens with one attached hydrogen (secondary N) is 1. The molecule has 23 heavy (non-hydrogen) atoms. The highest BCUT2D eigenvalue weighted by atomic mass is 32.1. The molecule has 0 bridgehead atoms. The van der Waals surface area contributed by atoms with Gasteiger partial charge in [0.1, 0.15) is 0 Å². The van der Waals surface area contributed by atoms with Crippen molar-refractivity contribution in [3.05, 3.63) is 44.3 Å². The van der Waals surface area contributed by atoms with Crippen LogP contribution in [-0.2, 0) is 11.2 Å². The van der Waals surface area contributed by atoms with Gasteiger partial charge in [-0.15, -0.1) is 22.7 Å². The first-order valence-corrected chi connectivity index (χ1v) is 9.28. The summed E-state index contributed by atoms with van der Waals surface area (Å²) in [6.45, 7) is 1.07. The minimum absolute atomic E-state index is 0.0375. The molecule has 0 saturated carbocycles. The normalized spacial score (nSPS) is 16.9. The fourth-order valence-electron chi connectivity index (χ4n) is 2.83. The van der Waals surface area contributed by atoms with Gasteiger partial charge in [0.15, 0.2) is 0 Å². The number of fused-ring (bicyclic) bond motifs is 1. The average molecular weight is 350 g/mol. The standard InChI is InChI=1S/C16H18N2O3S2/c19-14(20)4-1-7-17-16(21)18-8-5-12-11(6-10-23-12)15(18)13-3-2-9-22-13/h2-3,6,9-10,15H,1,4-5,7-8H2,(H,17,21)(H,19,20). The van der Waals surface area contributed by atoms with Crippen LogP contribution in [-0.4, -0.2) is 35.1 Å². The van der Waals surface area contributed by atoms with E-state index in [9.17, 15) is 9.59 Å². The SMILES string of the molecule is O=C(O)CCCNC(=O)N1CCc2sccc2C1c1cccs1. The first-order valence-electron chi connectivity index (χ1n) is 7.52. The van der Waals surface area contributed by atoms with Crippen LogP contribution in [0.3, 0.4) is 0 Å². The molecule has 2 aromatic rings. The maximum atomic E-state index is 12.6. The number of aliphatic carboxylic acids is 1. The summed E-state index contributed by atoms with van der Waals surface area (Å²) in [5, 5.41) is 15.6. The number of carbonyl (C=O) groups excluding carboxylic acids is 1. The Labute approximate surface area is 142 Å². The Hall–Kier alpha value is -1.86. The summed E-state index contributed by atoms with van der Waals surface area (Å²) in [6, 6.07) is 6.01. The Balaban J connectivity index is 1.73. The topological polar surface area (TPSA) is 69.6 Å². The molecule has 2 amide bonds. The van der Waals surface area contributed by atoms with Gasteiger partial charge >= 0.3 is 12.0 Å². The lowest BCUT2D eigenvalue weighted by molar-refractivity contribution is -0.137. The lowest BCUT2D eigenvalue weighted by atomic mass is 9.99. The Morgan fingerprint density at radius 3 is 2.91 bits per heavy atom. The largest absolute Gasteiger partial charge is 0.481 e. The molecule has 0 aliphatic carbocycles. The smallest absolute Gasteiger partial charge is 0.318 e. The van der Waals surface area contributed by atoms with E-state index in [0.29, 0.717) is 19.5 Å². The van der Waals surface area contributed by atoms with Crippen molar-refractivity contribution in [3.8, 4) is 0 Å². The van der Waals surface area contributed by atoms with E-state index in [1.54, 1.807) is 22.7 Å². The number of amides is 2. The number of urea groups is 1. The molecule has 0 aromatic carbocycles. The van der Waals surface area contributed by atoms with Crippen LogP contribution >= 0.6 is 22.7 Å². The third-order valence-corrected chi connectivity index (χ3v) is 5.80. The fourth-order valence-corrected chi connectivity index (χ4v) is 4.58. The molecule has 122 valence electrons. The third-order valence-electron chi connectivity index (χ3n) is 3.88. The van der Waals surface area contributed by atoms with Gasteiger partial charge in [0.2, 0.25) is 0 Å². The van der Waals surface area contributed by atoms with Gasteiger partial charge in [-0.2, -0.15) is 0 Å². The number of carbonyl (C=O) groups is 2. The molecule has 0 saturated heterocycles. The highest BCUT2D eigenvalue weighted by Gasteiger charge is 2.33.